The van der Waals surface area contributed by atoms with Crippen molar-refractivity contribution in [2.24, 2.45) is 0 Å². The van der Waals surface area contributed by atoms with Gasteiger partial charge in [-0.3, -0.25) is 9.59 Å². The van der Waals surface area contributed by atoms with Crippen LogP contribution in [0.4, 0.5) is 10.1 Å². The van der Waals surface area contributed by atoms with Crippen LogP contribution in [0.1, 0.15) is 5.56 Å². The maximum atomic E-state index is 13.3. The van der Waals surface area contributed by atoms with Gasteiger partial charge in [0.25, 0.3) is 0 Å². The number of aliphatic carboxylic acids is 2. The lowest BCUT2D eigenvalue weighted by Crippen LogP contribution is -2.35. The summed E-state index contributed by atoms with van der Waals surface area (Å²) in [5.74, 6) is -3.37. The summed E-state index contributed by atoms with van der Waals surface area (Å²) in [5.41, 5.74) is -0.428. The predicted molar refractivity (Wildman–Crippen MR) is 58.6 cm³/mol. The highest BCUT2D eigenvalue weighted by atomic mass is 19.1. The Hall–Kier alpha value is -2.62. The van der Waals surface area contributed by atoms with E-state index in [4.69, 9.17) is 15.5 Å². The summed E-state index contributed by atoms with van der Waals surface area (Å²) in [6, 6.07) is 5.21. The van der Waals surface area contributed by atoms with Crippen molar-refractivity contribution in [1.82, 2.24) is 0 Å². The van der Waals surface area contributed by atoms with Gasteiger partial charge in [0.05, 0.1) is 5.69 Å². The van der Waals surface area contributed by atoms with Crippen LogP contribution < -0.4 is 4.90 Å². The molecule has 0 radical (unpaired) electrons. The van der Waals surface area contributed by atoms with Crippen molar-refractivity contribution < 1.29 is 24.2 Å². The van der Waals surface area contributed by atoms with Crippen LogP contribution in [0.5, 0.6) is 0 Å². The topological polar surface area (TPSA) is 102 Å². The number of carboxylic acid groups (broad SMARTS) is 2. The summed E-state index contributed by atoms with van der Waals surface area (Å²) in [5, 5.41) is 26.2. The van der Waals surface area contributed by atoms with Crippen molar-refractivity contribution in [2.45, 2.75) is 0 Å². The molecule has 0 aliphatic rings. The van der Waals surface area contributed by atoms with Crippen LogP contribution in [-0.2, 0) is 9.59 Å². The second-order valence-corrected chi connectivity index (χ2v) is 3.39. The van der Waals surface area contributed by atoms with Gasteiger partial charge in [0.15, 0.2) is 0 Å². The molecule has 0 unspecified atom stereocenters. The van der Waals surface area contributed by atoms with Gasteiger partial charge in [0, 0.05) is 0 Å². The van der Waals surface area contributed by atoms with Crippen molar-refractivity contribution >= 4 is 17.6 Å². The molecule has 0 amide bonds. The number of nitrogens with zero attached hydrogens (tertiary/aromatic N) is 2. The Kier molecular flexibility index (Phi) is 4.21. The molecule has 1 aromatic rings. The summed E-state index contributed by atoms with van der Waals surface area (Å²) in [4.78, 5) is 22.2. The summed E-state index contributed by atoms with van der Waals surface area (Å²) < 4.78 is 13.3. The summed E-state index contributed by atoms with van der Waals surface area (Å²) in [7, 11) is 0. The predicted octanol–water partition coefficient (Wildman–Crippen LogP) is 0.673. The highest BCUT2D eigenvalue weighted by Gasteiger charge is 2.19. The second-order valence-electron chi connectivity index (χ2n) is 3.39. The zero-order chi connectivity index (χ0) is 13.7. The largest absolute Gasteiger partial charge is 0.480 e. The molecule has 7 heteroatoms. The lowest BCUT2D eigenvalue weighted by Gasteiger charge is -2.21. The molecule has 1 aromatic carbocycles. The van der Waals surface area contributed by atoms with E-state index >= 15 is 0 Å². The lowest BCUT2D eigenvalue weighted by molar-refractivity contribution is -0.136. The first-order valence-electron chi connectivity index (χ1n) is 4.83. The molecule has 0 aliphatic carbocycles. The van der Waals surface area contributed by atoms with E-state index in [1.54, 1.807) is 6.07 Å². The van der Waals surface area contributed by atoms with E-state index < -0.39 is 30.8 Å². The molecule has 0 aromatic heterocycles. The fraction of sp³-hybridized carbons (Fsp3) is 0.182. The van der Waals surface area contributed by atoms with E-state index in [1.807, 2.05) is 0 Å². The molecular weight excluding hydrogens is 243 g/mol. The number of anilines is 1. The Morgan fingerprint density at radius 2 is 1.83 bits per heavy atom. The summed E-state index contributed by atoms with van der Waals surface area (Å²) in [6.07, 6.45) is 0. The van der Waals surface area contributed by atoms with Crippen molar-refractivity contribution in [2.75, 3.05) is 18.0 Å². The molecule has 0 fully saturated rings. The molecule has 1 rings (SSSR count). The van der Waals surface area contributed by atoms with Crippen LogP contribution in [0, 0.1) is 17.1 Å². The Balaban J connectivity index is 3.20. The van der Waals surface area contributed by atoms with Crippen molar-refractivity contribution in [3.05, 3.63) is 29.6 Å². The molecule has 0 heterocycles. The van der Waals surface area contributed by atoms with E-state index in [-0.39, 0.29) is 11.3 Å². The second kappa shape index (κ2) is 5.63. The third-order valence-electron chi connectivity index (χ3n) is 2.10. The normalized spacial score (nSPS) is 9.56. The molecule has 94 valence electrons. The number of halogens is 1. The van der Waals surface area contributed by atoms with Gasteiger partial charge in [-0.25, -0.2) is 4.39 Å². The number of carbonyl (C=O) groups is 2. The summed E-state index contributed by atoms with van der Waals surface area (Å²) in [6.45, 7) is -1.27. The number of hydrogen-bond donors (Lipinski definition) is 2. The first-order chi connectivity index (χ1) is 8.45. The van der Waals surface area contributed by atoms with Gasteiger partial charge in [0.2, 0.25) is 0 Å². The first-order valence-corrected chi connectivity index (χ1v) is 4.83. The van der Waals surface area contributed by atoms with Gasteiger partial charge in [-0.15, -0.1) is 0 Å². The average molecular weight is 252 g/mol. The van der Waals surface area contributed by atoms with Crippen LogP contribution >= 0.6 is 0 Å². The van der Waals surface area contributed by atoms with Gasteiger partial charge >= 0.3 is 11.9 Å². The van der Waals surface area contributed by atoms with Gasteiger partial charge in [-0.2, -0.15) is 5.26 Å². The summed E-state index contributed by atoms with van der Waals surface area (Å²) >= 11 is 0. The minimum atomic E-state index is -1.27. The Labute approximate surface area is 101 Å². The average Bonchev–Trinajstić information content (AvgIpc) is 2.26. The fourth-order valence-electron chi connectivity index (χ4n) is 1.44. The maximum Gasteiger partial charge on any atom is 0.323 e. The quantitative estimate of drug-likeness (QED) is 0.798. The minimum absolute atomic E-state index is 0.0534. The van der Waals surface area contributed by atoms with Crippen LogP contribution in [0.3, 0.4) is 0 Å². The first kappa shape index (κ1) is 13.4. The lowest BCUT2D eigenvalue weighted by atomic mass is 10.1. The Morgan fingerprint density at radius 1 is 1.28 bits per heavy atom. The number of nitriles is 1. The van der Waals surface area contributed by atoms with Crippen LogP contribution in [0.2, 0.25) is 0 Å². The van der Waals surface area contributed by atoms with Crippen molar-refractivity contribution in [3.63, 3.8) is 0 Å². The molecule has 6 nitrogen and oxygen atoms in total. The number of carboxylic acids is 2. The van der Waals surface area contributed by atoms with Gasteiger partial charge in [-0.05, 0) is 12.1 Å². The molecule has 0 bridgehead atoms. The molecule has 0 spiro atoms. The van der Waals surface area contributed by atoms with E-state index in [2.05, 4.69) is 0 Å². The highest BCUT2D eigenvalue weighted by molar-refractivity contribution is 5.80. The maximum absolute atomic E-state index is 13.3. The van der Waals surface area contributed by atoms with Crippen LogP contribution in [-0.4, -0.2) is 35.2 Å². The fourth-order valence-corrected chi connectivity index (χ4v) is 1.44. The Bertz CT molecular complexity index is 508. The van der Waals surface area contributed by atoms with E-state index in [9.17, 15) is 14.0 Å². The number of benzene rings is 1. The van der Waals surface area contributed by atoms with Crippen molar-refractivity contribution in [1.29, 1.82) is 5.26 Å². The zero-order valence-corrected chi connectivity index (χ0v) is 9.13. The molecule has 0 aliphatic heterocycles. The molecular formula is C11H9FN2O4. The van der Waals surface area contributed by atoms with Gasteiger partial charge in [-0.1, -0.05) is 6.07 Å². The van der Waals surface area contributed by atoms with Crippen molar-refractivity contribution in [3.8, 4) is 6.07 Å². The number of hydrogen-bond acceptors (Lipinski definition) is 4. The third-order valence-corrected chi connectivity index (χ3v) is 2.10. The van der Waals surface area contributed by atoms with Crippen LogP contribution in [0.25, 0.3) is 0 Å². The molecule has 0 saturated carbocycles. The molecule has 0 saturated heterocycles. The highest BCUT2D eigenvalue weighted by Crippen LogP contribution is 2.22. The van der Waals surface area contributed by atoms with Gasteiger partial charge in [0.1, 0.15) is 30.5 Å². The Morgan fingerprint density at radius 3 is 2.28 bits per heavy atom. The van der Waals surface area contributed by atoms with Crippen LogP contribution in [0.15, 0.2) is 18.2 Å². The molecule has 2 N–H and O–H groups in total. The smallest absolute Gasteiger partial charge is 0.323 e. The standard InChI is InChI=1S/C11H9FN2O4/c12-8-2-1-3-9(7(8)4-13)14(5-10(15)16)6-11(17)18/h1-3H,5-6H2,(H,15,16)(H,17,18). The number of rotatable bonds is 5. The monoisotopic (exact) mass is 252 g/mol. The van der Waals surface area contributed by atoms with E-state index in [1.165, 1.54) is 12.1 Å². The third kappa shape index (κ3) is 3.18. The molecule has 18 heavy (non-hydrogen) atoms. The minimum Gasteiger partial charge on any atom is -0.480 e. The van der Waals surface area contributed by atoms with E-state index in [0.717, 1.165) is 11.0 Å². The molecule has 0 atom stereocenters. The van der Waals surface area contributed by atoms with Gasteiger partial charge < -0.3 is 15.1 Å². The zero-order valence-electron chi connectivity index (χ0n) is 9.13. The van der Waals surface area contributed by atoms with E-state index in [0.29, 0.717) is 0 Å². The SMILES string of the molecule is N#Cc1c(F)cccc1N(CC(=O)O)CC(=O)O.